The number of nitrogens with one attached hydrogen (secondary N) is 2. The molecule has 104 valence electrons. The number of nitrogens with zero attached hydrogens (tertiary/aromatic N) is 3. The molecule has 4 rings (SSSR count). The van der Waals surface area contributed by atoms with Crippen molar-refractivity contribution in [2.45, 2.75) is 6.54 Å². The van der Waals surface area contributed by atoms with Crippen LogP contribution in [0.15, 0.2) is 42.6 Å². The third-order valence-corrected chi connectivity index (χ3v) is 3.52. The Balaban J connectivity index is 1.77. The largest absolute Gasteiger partial charge is 0.349 e. The molecule has 3 aromatic rings. The van der Waals surface area contributed by atoms with Gasteiger partial charge in [0.25, 0.3) is 5.91 Å². The van der Waals surface area contributed by atoms with E-state index < -0.39 is 0 Å². The lowest BCUT2D eigenvalue weighted by Gasteiger charge is -2.16. The van der Waals surface area contributed by atoms with Crippen molar-refractivity contribution in [3.8, 4) is 0 Å². The number of amides is 1. The summed E-state index contributed by atoms with van der Waals surface area (Å²) in [5.74, 6) is 0.470. The first-order valence-corrected chi connectivity index (χ1v) is 6.78. The molecule has 0 bridgehead atoms. The van der Waals surface area contributed by atoms with Crippen molar-refractivity contribution in [2.24, 2.45) is 0 Å². The van der Waals surface area contributed by atoms with E-state index in [1.807, 2.05) is 41.0 Å². The minimum absolute atomic E-state index is 0.0585. The topological polar surface area (TPSA) is 71.8 Å². The lowest BCUT2D eigenvalue weighted by molar-refractivity contribution is 0.0929. The van der Waals surface area contributed by atoms with E-state index in [4.69, 9.17) is 0 Å². The molecular weight excluding hydrogens is 266 g/mol. The summed E-state index contributed by atoms with van der Waals surface area (Å²) in [5, 5.41) is 6.87. The first-order chi connectivity index (χ1) is 10.3. The lowest BCUT2D eigenvalue weighted by Crippen LogP contribution is -2.34. The maximum absolute atomic E-state index is 11.8. The smallest absolute Gasteiger partial charge is 0.268 e. The first kappa shape index (κ1) is 11.9. The van der Waals surface area contributed by atoms with Crippen LogP contribution in [0.25, 0.3) is 11.0 Å². The van der Waals surface area contributed by atoms with Crippen LogP contribution in [-0.2, 0) is 6.54 Å². The SMILES string of the molecule is O=C1NCCn2c1cc1cnc(Nc3ccccc3)nc12. The van der Waals surface area contributed by atoms with E-state index >= 15 is 0 Å². The molecular formula is C15H13N5O. The zero-order chi connectivity index (χ0) is 14.2. The standard InChI is InChI=1S/C15H13N5O/c21-14-12-8-10-9-17-15(18-11-4-2-1-3-5-11)19-13(10)20(12)7-6-16-14/h1-5,8-9H,6-7H2,(H,16,21)(H,17,18,19). The zero-order valence-electron chi connectivity index (χ0n) is 11.2. The fraction of sp³-hybridized carbons (Fsp3) is 0.133. The Hall–Kier alpha value is -2.89. The van der Waals surface area contributed by atoms with E-state index in [1.54, 1.807) is 6.20 Å². The van der Waals surface area contributed by atoms with Crippen LogP contribution in [0.5, 0.6) is 0 Å². The summed E-state index contributed by atoms with van der Waals surface area (Å²) in [6.45, 7) is 1.35. The van der Waals surface area contributed by atoms with Crippen molar-refractivity contribution in [1.29, 1.82) is 0 Å². The van der Waals surface area contributed by atoms with Gasteiger partial charge in [0.15, 0.2) is 0 Å². The number of rotatable bonds is 2. The second kappa shape index (κ2) is 4.59. The minimum atomic E-state index is -0.0585. The van der Waals surface area contributed by atoms with Crippen molar-refractivity contribution in [1.82, 2.24) is 19.9 Å². The van der Waals surface area contributed by atoms with Gasteiger partial charge in [-0.3, -0.25) is 4.79 Å². The average Bonchev–Trinajstić information content (AvgIpc) is 2.88. The molecule has 0 unspecified atom stereocenters. The summed E-state index contributed by atoms with van der Waals surface area (Å²) in [4.78, 5) is 20.7. The van der Waals surface area contributed by atoms with Gasteiger partial charge in [0.05, 0.1) is 0 Å². The van der Waals surface area contributed by atoms with Crippen molar-refractivity contribution in [3.63, 3.8) is 0 Å². The van der Waals surface area contributed by atoms with Gasteiger partial charge in [-0.1, -0.05) is 18.2 Å². The molecule has 3 heterocycles. The number of carbonyl (C=O) groups is 1. The van der Waals surface area contributed by atoms with Gasteiger partial charge in [-0.05, 0) is 18.2 Å². The van der Waals surface area contributed by atoms with Gasteiger partial charge in [-0.2, -0.15) is 4.98 Å². The van der Waals surface area contributed by atoms with Crippen molar-refractivity contribution >= 4 is 28.6 Å². The highest BCUT2D eigenvalue weighted by Gasteiger charge is 2.20. The Kier molecular flexibility index (Phi) is 2.60. The molecule has 1 aliphatic heterocycles. The van der Waals surface area contributed by atoms with Crippen LogP contribution in [0.2, 0.25) is 0 Å². The molecule has 0 spiro atoms. The van der Waals surface area contributed by atoms with Gasteiger partial charge < -0.3 is 15.2 Å². The molecule has 0 atom stereocenters. The third-order valence-electron chi connectivity index (χ3n) is 3.52. The van der Waals surface area contributed by atoms with Crippen LogP contribution in [0.4, 0.5) is 11.6 Å². The number of carbonyl (C=O) groups excluding carboxylic acids is 1. The Morgan fingerprint density at radius 2 is 2.10 bits per heavy atom. The Morgan fingerprint density at radius 1 is 1.24 bits per heavy atom. The molecule has 2 aromatic heterocycles. The highest BCUT2D eigenvalue weighted by atomic mass is 16.2. The molecule has 0 saturated heterocycles. The van der Waals surface area contributed by atoms with Gasteiger partial charge in [0.2, 0.25) is 5.95 Å². The number of fused-ring (bicyclic) bond motifs is 3. The molecule has 21 heavy (non-hydrogen) atoms. The van der Waals surface area contributed by atoms with Gasteiger partial charge in [-0.25, -0.2) is 4.98 Å². The van der Waals surface area contributed by atoms with Gasteiger partial charge in [0, 0.05) is 30.4 Å². The third kappa shape index (κ3) is 2.01. The van der Waals surface area contributed by atoms with Crippen molar-refractivity contribution in [2.75, 3.05) is 11.9 Å². The maximum atomic E-state index is 11.8. The fourth-order valence-electron chi connectivity index (χ4n) is 2.54. The van der Waals surface area contributed by atoms with Gasteiger partial charge in [-0.15, -0.1) is 0 Å². The predicted octanol–water partition coefficient (Wildman–Crippen LogP) is 1.92. The number of anilines is 2. The van der Waals surface area contributed by atoms with Gasteiger partial charge >= 0.3 is 0 Å². The van der Waals surface area contributed by atoms with Crippen LogP contribution in [-0.4, -0.2) is 27.0 Å². The molecule has 1 amide bonds. The van der Waals surface area contributed by atoms with Crippen LogP contribution < -0.4 is 10.6 Å². The van der Waals surface area contributed by atoms with E-state index in [0.29, 0.717) is 18.2 Å². The highest BCUT2D eigenvalue weighted by Crippen LogP contribution is 2.21. The van der Waals surface area contributed by atoms with Gasteiger partial charge in [0.1, 0.15) is 11.3 Å². The Labute approximate surface area is 120 Å². The zero-order valence-corrected chi connectivity index (χ0v) is 11.2. The molecule has 0 radical (unpaired) electrons. The molecule has 6 nitrogen and oxygen atoms in total. The normalized spacial score (nSPS) is 13.8. The molecule has 0 aliphatic carbocycles. The van der Waals surface area contributed by atoms with E-state index in [9.17, 15) is 4.79 Å². The fourth-order valence-corrected chi connectivity index (χ4v) is 2.54. The summed E-state index contributed by atoms with van der Waals surface area (Å²) in [6, 6.07) is 11.6. The first-order valence-electron chi connectivity index (χ1n) is 6.78. The minimum Gasteiger partial charge on any atom is -0.349 e. The number of hydrogen-bond acceptors (Lipinski definition) is 4. The van der Waals surface area contributed by atoms with Crippen LogP contribution in [0.1, 0.15) is 10.5 Å². The monoisotopic (exact) mass is 279 g/mol. The summed E-state index contributed by atoms with van der Waals surface area (Å²) < 4.78 is 1.94. The summed E-state index contributed by atoms with van der Waals surface area (Å²) in [7, 11) is 0. The molecule has 2 N–H and O–H groups in total. The van der Waals surface area contributed by atoms with Crippen LogP contribution in [0.3, 0.4) is 0 Å². The van der Waals surface area contributed by atoms with Crippen LogP contribution >= 0.6 is 0 Å². The Morgan fingerprint density at radius 3 is 2.95 bits per heavy atom. The number of para-hydroxylation sites is 1. The molecule has 1 aliphatic rings. The maximum Gasteiger partial charge on any atom is 0.268 e. The number of aromatic nitrogens is 3. The van der Waals surface area contributed by atoms with E-state index in [2.05, 4.69) is 20.6 Å². The summed E-state index contributed by atoms with van der Waals surface area (Å²) in [6.07, 6.45) is 1.74. The van der Waals surface area contributed by atoms with E-state index in [1.165, 1.54) is 0 Å². The lowest BCUT2D eigenvalue weighted by atomic mass is 10.3. The van der Waals surface area contributed by atoms with Crippen molar-refractivity contribution in [3.05, 3.63) is 48.3 Å². The second-order valence-electron chi connectivity index (χ2n) is 4.90. The summed E-state index contributed by atoms with van der Waals surface area (Å²) in [5.41, 5.74) is 2.36. The average molecular weight is 279 g/mol. The summed E-state index contributed by atoms with van der Waals surface area (Å²) >= 11 is 0. The highest BCUT2D eigenvalue weighted by molar-refractivity contribution is 5.98. The van der Waals surface area contributed by atoms with Crippen LogP contribution in [0, 0.1) is 0 Å². The van der Waals surface area contributed by atoms with Crippen molar-refractivity contribution < 1.29 is 4.79 Å². The Bertz CT molecular complexity index is 825. The van der Waals surface area contributed by atoms with E-state index in [0.717, 1.165) is 23.3 Å². The second-order valence-corrected chi connectivity index (χ2v) is 4.90. The van der Waals surface area contributed by atoms with E-state index in [-0.39, 0.29) is 5.91 Å². The number of benzene rings is 1. The molecule has 0 saturated carbocycles. The molecule has 1 aromatic carbocycles. The number of hydrogen-bond donors (Lipinski definition) is 2. The molecule has 6 heteroatoms. The molecule has 0 fully saturated rings. The predicted molar refractivity (Wildman–Crippen MR) is 79.6 cm³/mol. The quantitative estimate of drug-likeness (QED) is 0.751.